The van der Waals surface area contributed by atoms with E-state index < -0.39 is 23.8 Å². The first-order chi connectivity index (χ1) is 12.9. The molecule has 4 rings (SSSR count). The number of esters is 1. The molecule has 7 heteroatoms. The third-order valence-corrected chi connectivity index (χ3v) is 6.18. The summed E-state index contributed by atoms with van der Waals surface area (Å²) >= 11 is 0. The number of aryl methyl sites for hydroxylation is 1. The van der Waals surface area contributed by atoms with Gasteiger partial charge in [-0.1, -0.05) is 12.1 Å². The number of nitrogens with zero attached hydrogens (tertiary/aromatic N) is 2. The van der Waals surface area contributed by atoms with E-state index in [1.807, 2.05) is 6.07 Å². The molecule has 2 amide bonds. The number of carbonyl (C=O) groups is 3. The molecule has 1 aromatic carbocycles. The Morgan fingerprint density at radius 1 is 1.15 bits per heavy atom. The number of carbonyl (C=O) groups excluding carboxylic acids is 3. The summed E-state index contributed by atoms with van der Waals surface area (Å²) in [6.45, 7) is 4.19. The molecule has 3 heterocycles. The molecule has 27 heavy (non-hydrogen) atoms. The van der Waals surface area contributed by atoms with Crippen LogP contribution in [0.4, 0.5) is 5.69 Å². The maximum absolute atomic E-state index is 12.7. The molecule has 3 fully saturated rings. The van der Waals surface area contributed by atoms with Crippen LogP contribution < -0.4 is 10.2 Å². The highest BCUT2D eigenvalue weighted by molar-refractivity contribution is 6.08. The zero-order chi connectivity index (χ0) is 19.3. The zero-order valence-corrected chi connectivity index (χ0v) is 15.9. The van der Waals surface area contributed by atoms with Crippen LogP contribution in [0.5, 0.6) is 0 Å². The molecule has 3 saturated heterocycles. The van der Waals surface area contributed by atoms with E-state index in [1.54, 1.807) is 0 Å². The van der Waals surface area contributed by atoms with Crippen molar-refractivity contribution in [2.45, 2.75) is 31.8 Å². The standard InChI is InChI=1S/C20H25N3O4/c1-11-10-12(6-7-13(11)23-8-4-5-9-23)16-14-15(17(21-16)20(26)27-3)19(25)22(2)18(14)24/h6-7,10,14-17,21H,4-5,8-9H2,1-3H3/t14-,15+,16-,17-/m1/s1. The second kappa shape index (κ2) is 6.64. The van der Waals surface area contributed by atoms with Crippen LogP contribution in [0, 0.1) is 18.8 Å². The van der Waals surface area contributed by atoms with E-state index in [0.29, 0.717) is 0 Å². The molecule has 0 aliphatic carbocycles. The number of rotatable bonds is 3. The molecule has 0 unspecified atom stereocenters. The fourth-order valence-corrected chi connectivity index (χ4v) is 4.79. The van der Waals surface area contributed by atoms with E-state index in [-0.39, 0.29) is 17.9 Å². The van der Waals surface area contributed by atoms with Crippen molar-refractivity contribution in [3.63, 3.8) is 0 Å². The van der Waals surface area contributed by atoms with E-state index in [0.717, 1.165) is 29.1 Å². The molecule has 1 aromatic rings. The van der Waals surface area contributed by atoms with Crippen molar-refractivity contribution in [1.29, 1.82) is 0 Å². The lowest BCUT2D eigenvalue weighted by atomic mass is 9.86. The van der Waals surface area contributed by atoms with E-state index >= 15 is 0 Å². The van der Waals surface area contributed by atoms with Gasteiger partial charge in [0.25, 0.3) is 0 Å². The summed E-state index contributed by atoms with van der Waals surface area (Å²) in [5.41, 5.74) is 3.27. The first-order valence-corrected chi connectivity index (χ1v) is 9.45. The fraction of sp³-hybridized carbons (Fsp3) is 0.550. The van der Waals surface area contributed by atoms with Crippen molar-refractivity contribution in [3.05, 3.63) is 29.3 Å². The largest absolute Gasteiger partial charge is 0.468 e. The van der Waals surface area contributed by atoms with Gasteiger partial charge in [-0.05, 0) is 37.0 Å². The van der Waals surface area contributed by atoms with Crippen LogP contribution in [0.2, 0.25) is 0 Å². The maximum atomic E-state index is 12.7. The lowest BCUT2D eigenvalue weighted by Gasteiger charge is -2.23. The summed E-state index contributed by atoms with van der Waals surface area (Å²) in [7, 11) is 2.78. The lowest BCUT2D eigenvalue weighted by molar-refractivity contribution is -0.147. The summed E-state index contributed by atoms with van der Waals surface area (Å²) < 4.78 is 4.87. The predicted molar refractivity (Wildman–Crippen MR) is 99.1 cm³/mol. The number of nitrogens with one attached hydrogen (secondary N) is 1. The topological polar surface area (TPSA) is 79.0 Å². The van der Waals surface area contributed by atoms with Gasteiger partial charge in [0.2, 0.25) is 11.8 Å². The van der Waals surface area contributed by atoms with Gasteiger partial charge in [0.05, 0.1) is 18.9 Å². The molecular weight excluding hydrogens is 346 g/mol. The first kappa shape index (κ1) is 18.0. The number of ether oxygens (including phenoxy) is 1. The zero-order valence-electron chi connectivity index (χ0n) is 15.9. The maximum Gasteiger partial charge on any atom is 0.323 e. The van der Waals surface area contributed by atoms with Crippen molar-refractivity contribution in [2.75, 3.05) is 32.1 Å². The van der Waals surface area contributed by atoms with Gasteiger partial charge in [-0.2, -0.15) is 0 Å². The minimum Gasteiger partial charge on any atom is -0.468 e. The van der Waals surface area contributed by atoms with Crippen molar-refractivity contribution < 1.29 is 19.1 Å². The minimum absolute atomic E-state index is 0.241. The summed E-state index contributed by atoms with van der Waals surface area (Å²) in [4.78, 5) is 41.0. The van der Waals surface area contributed by atoms with Gasteiger partial charge in [0, 0.05) is 31.9 Å². The first-order valence-electron chi connectivity index (χ1n) is 9.45. The van der Waals surface area contributed by atoms with E-state index in [2.05, 4.69) is 29.3 Å². The molecule has 7 nitrogen and oxygen atoms in total. The summed E-state index contributed by atoms with van der Waals surface area (Å²) in [5, 5.41) is 3.20. The number of benzene rings is 1. The molecule has 144 valence electrons. The Labute approximate surface area is 158 Å². The molecule has 0 bridgehead atoms. The number of hydrogen-bond donors (Lipinski definition) is 1. The Morgan fingerprint density at radius 2 is 1.81 bits per heavy atom. The minimum atomic E-state index is -0.801. The van der Waals surface area contributed by atoms with E-state index in [4.69, 9.17) is 4.74 Å². The highest BCUT2D eigenvalue weighted by Crippen LogP contribution is 2.44. The van der Waals surface area contributed by atoms with Gasteiger partial charge in [-0.25, -0.2) is 0 Å². The average molecular weight is 371 g/mol. The molecule has 4 atom stereocenters. The van der Waals surface area contributed by atoms with Crippen molar-refractivity contribution in [1.82, 2.24) is 10.2 Å². The van der Waals surface area contributed by atoms with Gasteiger partial charge in [-0.3, -0.25) is 24.6 Å². The Bertz CT molecular complexity index is 802. The van der Waals surface area contributed by atoms with Crippen molar-refractivity contribution >= 4 is 23.5 Å². The van der Waals surface area contributed by atoms with Gasteiger partial charge < -0.3 is 9.64 Å². The number of amides is 2. The van der Waals surface area contributed by atoms with Gasteiger partial charge >= 0.3 is 5.97 Å². The van der Waals surface area contributed by atoms with Gasteiger partial charge in [0.1, 0.15) is 6.04 Å². The summed E-state index contributed by atoms with van der Waals surface area (Å²) in [6, 6.07) is 4.98. The predicted octanol–water partition coefficient (Wildman–Crippen LogP) is 1.01. The van der Waals surface area contributed by atoms with Crippen molar-refractivity contribution in [2.24, 2.45) is 11.8 Å². The molecule has 1 N–H and O–H groups in total. The number of fused-ring (bicyclic) bond motifs is 1. The Balaban J connectivity index is 1.68. The molecular formula is C20H25N3O4. The average Bonchev–Trinajstić information content (AvgIpc) is 3.37. The molecule has 3 aliphatic rings. The van der Waals surface area contributed by atoms with Crippen LogP contribution in [-0.4, -0.2) is 56.0 Å². The molecule has 3 aliphatic heterocycles. The van der Waals surface area contributed by atoms with Crippen LogP contribution in [0.25, 0.3) is 0 Å². The summed E-state index contributed by atoms with van der Waals surface area (Å²) in [6.07, 6.45) is 2.41. The van der Waals surface area contributed by atoms with Crippen LogP contribution in [-0.2, 0) is 19.1 Å². The quantitative estimate of drug-likeness (QED) is 0.631. The number of hydrogen-bond acceptors (Lipinski definition) is 6. The third-order valence-electron chi connectivity index (χ3n) is 6.18. The Kier molecular flexibility index (Phi) is 4.42. The molecule has 0 radical (unpaired) electrons. The number of imide groups is 1. The number of likely N-dealkylation sites (tertiary alicyclic amines) is 1. The second-order valence-corrected chi connectivity index (χ2v) is 7.67. The summed E-state index contributed by atoms with van der Waals surface area (Å²) in [5.74, 6) is -2.35. The smallest absolute Gasteiger partial charge is 0.323 e. The van der Waals surface area contributed by atoms with E-state index in [1.165, 1.54) is 32.7 Å². The molecule has 0 spiro atoms. The van der Waals surface area contributed by atoms with Gasteiger partial charge in [-0.15, -0.1) is 0 Å². The lowest BCUT2D eigenvalue weighted by Crippen LogP contribution is -2.42. The normalized spacial score (nSPS) is 30.2. The van der Waals surface area contributed by atoms with E-state index in [9.17, 15) is 14.4 Å². The van der Waals surface area contributed by atoms with Crippen molar-refractivity contribution in [3.8, 4) is 0 Å². The molecule has 0 aromatic heterocycles. The Hall–Kier alpha value is -2.41. The fourth-order valence-electron chi connectivity index (χ4n) is 4.79. The van der Waals surface area contributed by atoms with Gasteiger partial charge in [0.15, 0.2) is 0 Å². The molecule has 0 saturated carbocycles. The number of anilines is 1. The Morgan fingerprint density at radius 3 is 2.44 bits per heavy atom. The SMILES string of the molecule is COC(=O)[C@@H]1N[C@H](c2ccc(N3CCCC3)c(C)c2)[C@@H]2C(=O)N(C)C(=O)[C@@H]21. The monoisotopic (exact) mass is 371 g/mol. The van der Waals surface area contributed by atoms with Crippen LogP contribution in [0.3, 0.4) is 0 Å². The van der Waals surface area contributed by atoms with Crippen LogP contribution >= 0.6 is 0 Å². The van der Waals surface area contributed by atoms with Crippen LogP contribution in [0.15, 0.2) is 18.2 Å². The highest BCUT2D eigenvalue weighted by atomic mass is 16.5. The van der Waals surface area contributed by atoms with Crippen LogP contribution in [0.1, 0.15) is 30.0 Å². The third kappa shape index (κ3) is 2.72. The highest BCUT2D eigenvalue weighted by Gasteiger charge is 2.60. The number of methoxy groups -OCH3 is 1. The second-order valence-electron chi connectivity index (χ2n) is 7.67.